The van der Waals surface area contributed by atoms with Crippen molar-refractivity contribution in [3.8, 4) is 17.2 Å². The summed E-state index contributed by atoms with van der Waals surface area (Å²) in [6.07, 6.45) is 1.44. The number of fused-ring (bicyclic) bond motifs is 1. The number of likely N-dealkylation sites (tertiary alicyclic amines) is 1. The molecule has 8 heteroatoms. The molecule has 3 amide bonds. The number of carbonyl (C=O) groups excluding carboxylic acids is 2. The number of para-hydroxylation sites is 1. The molecule has 2 aliphatic heterocycles. The van der Waals surface area contributed by atoms with Crippen molar-refractivity contribution in [1.82, 2.24) is 9.80 Å². The Hall–Kier alpha value is -3.42. The van der Waals surface area contributed by atoms with Gasteiger partial charge in [-0.05, 0) is 37.1 Å². The number of ether oxygens (including phenoxy) is 3. The fourth-order valence-corrected chi connectivity index (χ4v) is 3.76. The molecule has 2 aromatic carbocycles. The molecular weight excluding hydrogens is 398 g/mol. The zero-order valence-electron chi connectivity index (χ0n) is 17.6. The van der Waals surface area contributed by atoms with Gasteiger partial charge in [0.05, 0.1) is 6.54 Å². The Morgan fingerprint density at radius 1 is 1.13 bits per heavy atom. The van der Waals surface area contributed by atoms with Gasteiger partial charge in [-0.2, -0.15) is 0 Å². The molecule has 164 valence electrons. The molecule has 8 nitrogen and oxygen atoms in total. The molecule has 31 heavy (non-hydrogen) atoms. The molecule has 0 spiro atoms. The fourth-order valence-electron chi connectivity index (χ4n) is 3.76. The van der Waals surface area contributed by atoms with Crippen LogP contribution in [0.3, 0.4) is 0 Å². The highest BCUT2D eigenvalue weighted by atomic mass is 16.6. The number of benzene rings is 2. The molecule has 0 saturated carbocycles. The third kappa shape index (κ3) is 5.02. The van der Waals surface area contributed by atoms with Crippen LogP contribution in [-0.2, 0) is 4.79 Å². The van der Waals surface area contributed by atoms with Gasteiger partial charge in [-0.3, -0.25) is 4.79 Å². The summed E-state index contributed by atoms with van der Waals surface area (Å²) in [4.78, 5) is 29.1. The van der Waals surface area contributed by atoms with Crippen LogP contribution in [0.5, 0.6) is 17.2 Å². The molecule has 1 saturated heterocycles. The van der Waals surface area contributed by atoms with Crippen molar-refractivity contribution in [2.24, 2.45) is 0 Å². The Kier molecular flexibility index (Phi) is 6.45. The minimum Gasteiger partial charge on any atom is -0.492 e. The quantitative estimate of drug-likeness (QED) is 0.770. The number of nitrogens with zero attached hydrogens (tertiary/aromatic N) is 2. The highest BCUT2D eigenvalue weighted by Crippen LogP contribution is 2.33. The maximum Gasteiger partial charge on any atom is 0.322 e. The topological polar surface area (TPSA) is 80.3 Å². The molecule has 4 rings (SSSR count). The van der Waals surface area contributed by atoms with E-state index < -0.39 is 6.04 Å². The minimum absolute atomic E-state index is 0.0773. The second-order valence-corrected chi connectivity index (χ2v) is 7.56. The Balaban J connectivity index is 1.32. The lowest BCUT2D eigenvalue weighted by molar-refractivity contribution is -0.134. The van der Waals surface area contributed by atoms with E-state index in [2.05, 4.69) is 5.32 Å². The first-order valence-electron chi connectivity index (χ1n) is 10.5. The van der Waals surface area contributed by atoms with E-state index >= 15 is 0 Å². The number of hydrogen-bond acceptors (Lipinski definition) is 5. The minimum atomic E-state index is -0.473. The summed E-state index contributed by atoms with van der Waals surface area (Å²) in [5.74, 6) is 1.96. The van der Waals surface area contributed by atoms with Gasteiger partial charge in [0, 0.05) is 25.3 Å². The van der Waals surface area contributed by atoms with Crippen LogP contribution in [-0.4, -0.2) is 67.7 Å². The third-order valence-corrected chi connectivity index (χ3v) is 5.41. The third-order valence-electron chi connectivity index (χ3n) is 5.41. The van der Waals surface area contributed by atoms with Gasteiger partial charge < -0.3 is 29.3 Å². The number of urea groups is 1. The first kappa shape index (κ1) is 20.8. The zero-order chi connectivity index (χ0) is 21.6. The number of amides is 3. The molecule has 2 aromatic rings. The number of rotatable bonds is 6. The fraction of sp³-hybridized carbons (Fsp3) is 0.391. The average molecular weight is 425 g/mol. The summed E-state index contributed by atoms with van der Waals surface area (Å²) in [6.45, 7) is 2.37. The van der Waals surface area contributed by atoms with E-state index in [1.54, 1.807) is 35.0 Å². The molecule has 2 heterocycles. The Bertz CT molecular complexity index is 921. The van der Waals surface area contributed by atoms with Gasteiger partial charge in [0.1, 0.15) is 31.6 Å². The van der Waals surface area contributed by atoms with E-state index in [9.17, 15) is 9.59 Å². The molecule has 0 aromatic heterocycles. The van der Waals surface area contributed by atoms with Gasteiger partial charge in [-0.15, -0.1) is 0 Å². The predicted molar refractivity (Wildman–Crippen MR) is 116 cm³/mol. The van der Waals surface area contributed by atoms with E-state index in [0.717, 1.165) is 12.2 Å². The second kappa shape index (κ2) is 9.59. The number of likely N-dealkylation sites (N-methyl/N-ethyl adjacent to an activating group) is 1. The van der Waals surface area contributed by atoms with Crippen molar-refractivity contribution in [3.05, 3.63) is 48.5 Å². The van der Waals surface area contributed by atoms with Gasteiger partial charge in [-0.1, -0.05) is 18.2 Å². The zero-order valence-corrected chi connectivity index (χ0v) is 17.6. The summed E-state index contributed by atoms with van der Waals surface area (Å²) >= 11 is 0. The highest BCUT2D eigenvalue weighted by molar-refractivity contribution is 5.94. The Morgan fingerprint density at radius 3 is 2.71 bits per heavy atom. The van der Waals surface area contributed by atoms with Crippen molar-refractivity contribution in [2.45, 2.75) is 18.9 Å². The lowest BCUT2D eigenvalue weighted by Crippen LogP contribution is -2.48. The van der Waals surface area contributed by atoms with E-state index in [1.165, 1.54) is 0 Å². The standard InChI is InChI=1S/C23H27N3O5/c1-25(12-13-29-18-6-3-2-4-7-18)22(27)19-8-5-11-26(19)23(28)24-17-9-10-20-21(16-17)31-15-14-30-20/h2-4,6-7,9-10,16,19H,5,8,11-15H2,1H3,(H,24,28)/t19-/m0/s1. The highest BCUT2D eigenvalue weighted by Gasteiger charge is 2.35. The molecule has 0 radical (unpaired) electrons. The Morgan fingerprint density at radius 2 is 1.90 bits per heavy atom. The first-order chi connectivity index (χ1) is 15.1. The van der Waals surface area contributed by atoms with Crippen LogP contribution in [0.4, 0.5) is 10.5 Å². The number of nitrogens with one attached hydrogen (secondary N) is 1. The largest absolute Gasteiger partial charge is 0.492 e. The maximum absolute atomic E-state index is 13.0. The monoisotopic (exact) mass is 425 g/mol. The van der Waals surface area contributed by atoms with E-state index in [0.29, 0.717) is 56.5 Å². The van der Waals surface area contributed by atoms with Crippen molar-refractivity contribution in [2.75, 3.05) is 45.3 Å². The van der Waals surface area contributed by atoms with Crippen LogP contribution in [0.15, 0.2) is 48.5 Å². The summed E-state index contributed by atoms with van der Waals surface area (Å²) in [5, 5.41) is 2.88. The van der Waals surface area contributed by atoms with Gasteiger partial charge in [-0.25, -0.2) is 4.79 Å². The van der Waals surface area contributed by atoms with E-state index in [4.69, 9.17) is 14.2 Å². The number of hydrogen-bond donors (Lipinski definition) is 1. The van der Waals surface area contributed by atoms with Crippen LogP contribution in [0.25, 0.3) is 0 Å². The number of anilines is 1. The van der Waals surface area contributed by atoms with Crippen LogP contribution < -0.4 is 19.5 Å². The first-order valence-corrected chi connectivity index (χ1v) is 10.5. The SMILES string of the molecule is CN(CCOc1ccccc1)C(=O)[C@@H]1CCCN1C(=O)Nc1ccc2c(c1)OCCO2. The summed E-state index contributed by atoms with van der Waals surface area (Å²) in [7, 11) is 1.74. The van der Waals surface area contributed by atoms with Crippen LogP contribution in [0.2, 0.25) is 0 Å². The van der Waals surface area contributed by atoms with Gasteiger partial charge in [0.25, 0.3) is 0 Å². The van der Waals surface area contributed by atoms with Crippen molar-refractivity contribution >= 4 is 17.6 Å². The molecule has 0 aliphatic carbocycles. The predicted octanol–water partition coefficient (Wildman–Crippen LogP) is 2.99. The van der Waals surface area contributed by atoms with Crippen molar-refractivity contribution in [1.29, 1.82) is 0 Å². The molecule has 1 fully saturated rings. The smallest absolute Gasteiger partial charge is 0.322 e. The average Bonchev–Trinajstić information content (AvgIpc) is 3.29. The van der Waals surface area contributed by atoms with E-state index in [-0.39, 0.29) is 11.9 Å². The molecule has 0 bridgehead atoms. The lowest BCUT2D eigenvalue weighted by Gasteiger charge is -2.28. The normalized spacial score (nSPS) is 17.2. The molecular formula is C23H27N3O5. The van der Waals surface area contributed by atoms with Crippen molar-refractivity contribution in [3.63, 3.8) is 0 Å². The summed E-state index contributed by atoms with van der Waals surface area (Å²) in [6, 6.07) is 14.0. The van der Waals surface area contributed by atoms with E-state index in [1.807, 2.05) is 30.3 Å². The van der Waals surface area contributed by atoms with Crippen LogP contribution >= 0.6 is 0 Å². The molecule has 1 N–H and O–H groups in total. The Labute approximate surface area is 181 Å². The van der Waals surface area contributed by atoms with Crippen molar-refractivity contribution < 1.29 is 23.8 Å². The second-order valence-electron chi connectivity index (χ2n) is 7.56. The molecule has 0 unspecified atom stereocenters. The van der Waals surface area contributed by atoms with Crippen LogP contribution in [0, 0.1) is 0 Å². The van der Waals surface area contributed by atoms with Gasteiger partial charge >= 0.3 is 6.03 Å². The summed E-state index contributed by atoms with van der Waals surface area (Å²) < 4.78 is 16.8. The lowest BCUT2D eigenvalue weighted by atomic mass is 10.2. The van der Waals surface area contributed by atoms with Gasteiger partial charge in [0.15, 0.2) is 11.5 Å². The molecule has 1 atom stereocenters. The summed E-state index contributed by atoms with van der Waals surface area (Å²) in [5.41, 5.74) is 0.608. The number of carbonyl (C=O) groups is 2. The molecule has 2 aliphatic rings. The maximum atomic E-state index is 13.0. The van der Waals surface area contributed by atoms with Crippen LogP contribution in [0.1, 0.15) is 12.8 Å². The van der Waals surface area contributed by atoms with Gasteiger partial charge in [0.2, 0.25) is 5.91 Å².